The van der Waals surface area contributed by atoms with E-state index in [-0.39, 0.29) is 29.8 Å². The number of carbonyl (C=O) groups is 2. The quantitative estimate of drug-likeness (QED) is 0.333. The van der Waals surface area contributed by atoms with Gasteiger partial charge in [0.15, 0.2) is 5.76 Å². The normalized spacial score (nSPS) is 16.9. The smallest absolute Gasteiger partial charge is 0.326 e. The first-order valence-electron chi connectivity index (χ1n) is 11.4. The Morgan fingerprint density at radius 1 is 0.943 bits per heavy atom. The van der Waals surface area contributed by atoms with Crippen LogP contribution in [0.3, 0.4) is 0 Å². The van der Waals surface area contributed by atoms with E-state index < -0.39 is 0 Å². The third-order valence-electron chi connectivity index (χ3n) is 6.17. The maximum absolute atomic E-state index is 13.7. The molecule has 0 spiro atoms. The predicted molar refractivity (Wildman–Crippen MR) is 138 cm³/mol. The monoisotopic (exact) mass is 485 g/mol. The van der Waals surface area contributed by atoms with Crippen LogP contribution < -0.4 is 15.1 Å². The highest BCUT2D eigenvalue weighted by Gasteiger charge is 2.39. The molecule has 2 heterocycles. The van der Waals surface area contributed by atoms with Crippen LogP contribution >= 0.6 is 11.6 Å². The van der Waals surface area contributed by atoms with E-state index in [0.29, 0.717) is 17.1 Å². The molecule has 2 unspecified atom stereocenters. The van der Waals surface area contributed by atoms with Crippen molar-refractivity contribution in [3.05, 3.63) is 114 Å². The zero-order chi connectivity index (χ0) is 24.4. The van der Waals surface area contributed by atoms with Crippen molar-refractivity contribution in [3.63, 3.8) is 0 Å². The Labute approximate surface area is 208 Å². The molecular weight excluding hydrogens is 462 g/mol. The summed E-state index contributed by atoms with van der Waals surface area (Å²) < 4.78 is 5.39. The van der Waals surface area contributed by atoms with Crippen LogP contribution in [0.25, 0.3) is 0 Å². The lowest BCUT2D eigenvalue weighted by molar-refractivity contribution is 0.0946. The number of furan rings is 1. The summed E-state index contributed by atoms with van der Waals surface area (Å²) in [6, 6.07) is 26.9. The lowest BCUT2D eigenvalue weighted by atomic mass is 9.90. The number of hydrogen-bond donors (Lipinski definition) is 1. The molecule has 1 N–H and O–H groups in total. The number of benzene rings is 3. The van der Waals surface area contributed by atoms with Crippen LogP contribution in [0, 0.1) is 0 Å². The first-order chi connectivity index (χ1) is 17.0. The fraction of sp³-hybridized carbons (Fsp3) is 0.143. The van der Waals surface area contributed by atoms with Crippen molar-refractivity contribution in [3.8, 4) is 0 Å². The zero-order valence-electron chi connectivity index (χ0n) is 19.1. The summed E-state index contributed by atoms with van der Waals surface area (Å²) in [7, 11) is 0. The number of rotatable bonds is 4. The van der Waals surface area contributed by atoms with Crippen LogP contribution in [0.15, 0.2) is 102 Å². The van der Waals surface area contributed by atoms with Gasteiger partial charge in [-0.25, -0.2) is 4.79 Å². The van der Waals surface area contributed by atoms with Crippen molar-refractivity contribution in [2.24, 2.45) is 0 Å². The molecule has 0 aliphatic carbocycles. The van der Waals surface area contributed by atoms with Gasteiger partial charge in [0, 0.05) is 28.1 Å². The van der Waals surface area contributed by atoms with Gasteiger partial charge >= 0.3 is 6.03 Å². The highest BCUT2D eigenvalue weighted by molar-refractivity contribution is 6.30. The predicted octanol–water partition coefficient (Wildman–Crippen LogP) is 7.15. The van der Waals surface area contributed by atoms with Gasteiger partial charge in [-0.15, -0.1) is 0 Å². The van der Waals surface area contributed by atoms with E-state index in [9.17, 15) is 9.59 Å². The van der Waals surface area contributed by atoms with E-state index in [4.69, 9.17) is 16.0 Å². The zero-order valence-corrected chi connectivity index (χ0v) is 19.9. The Kier molecular flexibility index (Phi) is 6.29. The minimum atomic E-state index is -0.295. The van der Waals surface area contributed by atoms with Crippen molar-refractivity contribution in [2.45, 2.75) is 25.4 Å². The molecule has 1 aliphatic rings. The van der Waals surface area contributed by atoms with E-state index in [1.54, 1.807) is 46.2 Å². The highest BCUT2D eigenvalue weighted by Crippen LogP contribution is 2.43. The lowest BCUT2D eigenvalue weighted by Crippen LogP contribution is -2.48. The molecule has 7 heteroatoms. The molecule has 0 bridgehead atoms. The second-order valence-electron chi connectivity index (χ2n) is 8.45. The molecule has 1 aliphatic heterocycles. The van der Waals surface area contributed by atoms with E-state index in [0.717, 1.165) is 16.9 Å². The van der Waals surface area contributed by atoms with Gasteiger partial charge in [0.25, 0.3) is 5.91 Å². The summed E-state index contributed by atoms with van der Waals surface area (Å²) in [5.41, 5.74) is 3.06. The number of nitrogens with zero attached hydrogens (tertiary/aromatic N) is 2. The van der Waals surface area contributed by atoms with Gasteiger partial charge in [-0.05, 0) is 73.5 Å². The minimum absolute atomic E-state index is 0.179. The summed E-state index contributed by atoms with van der Waals surface area (Å²) in [5.74, 6) is 0.0794. The number of urea groups is 1. The maximum atomic E-state index is 13.7. The molecule has 35 heavy (non-hydrogen) atoms. The Bertz CT molecular complexity index is 1320. The summed E-state index contributed by atoms with van der Waals surface area (Å²) in [6.45, 7) is 1.99. The molecule has 3 amide bonds. The van der Waals surface area contributed by atoms with Crippen LogP contribution in [-0.2, 0) is 0 Å². The number of halogens is 1. The molecule has 2 atom stereocenters. The van der Waals surface area contributed by atoms with Gasteiger partial charge in [-0.3, -0.25) is 9.69 Å². The number of fused-ring (bicyclic) bond motifs is 1. The summed E-state index contributed by atoms with van der Waals surface area (Å²) >= 11 is 6.01. The lowest BCUT2D eigenvalue weighted by Gasteiger charge is -2.43. The molecule has 0 saturated carbocycles. The molecule has 0 radical (unpaired) electrons. The van der Waals surface area contributed by atoms with Gasteiger partial charge in [0.2, 0.25) is 0 Å². The molecular formula is C28H24ClN3O3. The molecule has 0 saturated heterocycles. The van der Waals surface area contributed by atoms with Gasteiger partial charge in [0.05, 0.1) is 12.3 Å². The van der Waals surface area contributed by atoms with Gasteiger partial charge in [-0.1, -0.05) is 48.0 Å². The Morgan fingerprint density at radius 2 is 1.66 bits per heavy atom. The molecule has 6 nitrogen and oxygen atoms in total. The fourth-order valence-electron chi connectivity index (χ4n) is 4.60. The van der Waals surface area contributed by atoms with Crippen LogP contribution in [0.2, 0.25) is 5.02 Å². The van der Waals surface area contributed by atoms with Crippen molar-refractivity contribution in [1.29, 1.82) is 0 Å². The van der Waals surface area contributed by atoms with Crippen LogP contribution in [0.5, 0.6) is 0 Å². The number of hydrogen-bond acceptors (Lipinski definition) is 3. The average Bonchev–Trinajstić information content (AvgIpc) is 3.41. The van der Waals surface area contributed by atoms with Gasteiger partial charge in [-0.2, -0.15) is 0 Å². The SMILES string of the molecule is CC1CC(N(C(=O)Nc2ccc(Cl)cc2)c2ccccc2)c2ccccc2N1C(=O)c1ccco1. The molecule has 1 aromatic heterocycles. The summed E-state index contributed by atoms with van der Waals surface area (Å²) in [4.78, 5) is 30.5. The van der Waals surface area contributed by atoms with Crippen molar-refractivity contribution >= 4 is 40.6 Å². The van der Waals surface area contributed by atoms with E-state index in [1.165, 1.54) is 6.26 Å². The molecule has 4 aromatic rings. The Balaban J connectivity index is 1.55. The number of anilines is 3. The van der Waals surface area contributed by atoms with Crippen molar-refractivity contribution in [2.75, 3.05) is 15.1 Å². The van der Waals surface area contributed by atoms with E-state index >= 15 is 0 Å². The molecule has 5 rings (SSSR count). The largest absolute Gasteiger partial charge is 0.459 e. The van der Waals surface area contributed by atoms with E-state index in [1.807, 2.05) is 61.5 Å². The standard InChI is InChI=1S/C28H24ClN3O3/c1-19-18-25(23-10-5-6-11-24(23)31(19)27(33)26-12-7-17-35-26)32(22-8-3-2-4-9-22)28(34)30-21-15-13-20(29)14-16-21/h2-17,19,25H,18H2,1H3,(H,30,34). The van der Waals surface area contributed by atoms with Crippen LogP contribution in [0.4, 0.5) is 21.9 Å². The van der Waals surface area contributed by atoms with Crippen LogP contribution in [0.1, 0.15) is 35.5 Å². The Hall–Kier alpha value is -4.03. The topological polar surface area (TPSA) is 65.8 Å². The molecule has 0 fully saturated rings. The number of nitrogens with one attached hydrogen (secondary N) is 1. The summed E-state index contributed by atoms with van der Waals surface area (Å²) in [6.07, 6.45) is 2.04. The number of carbonyl (C=O) groups excluding carboxylic acids is 2. The van der Waals surface area contributed by atoms with Gasteiger partial charge in [0.1, 0.15) is 0 Å². The van der Waals surface area contributed by atoms with Crippen molar-refractivity contribution < 1.29 is 14.0 Å². The first-order valence-corrected chi connectivity index (χ1v) is 11.8. The Morgan fingerprint density at radius 3 is 2.37 bits per heavy atom. The molecule has 3 aromatic carbocycles. The molecule has 176 valence electrons. The van der Waals surface area contributed by atoms with Gasteiger partial charge < -0.3 is 14.6 Å². The third kappa shape index (κ3) is 4.53. The second kappa shape index (κ2) is 9.68. The minimum Gasteiger partial charge on any atom is -0.459 e. The highest BCUT2D eigenvalue weighted by atomic mass is 35.5. The van der Waals surface area contributed by atoms with Crippen LogP contribution in [-0.4, -0.2) is 18.0 Å². The second-order valence-corrected chi connectivity index (χ2v) is 8.89. The maximum Gasteiger partial charge on any atom is 0.326 e. The van der Waals surface area contributed by atoms with E-state index in [2.05, 4.69) is 5.32 Å². The average molecular weight is 486 g/mol. The fourth-order valence-corrected chi connectivity index (χ4v) is 4.72. The third-order valence-corrected chi connectivity index (χ3v) is 6.42. The number of amides is 3. The number of para-hydroxylation sites is 2. The summed E-state index contributed by atoms with van der Waals surface area (Å²) in [5, 5.41) is 3.60. The van der Waals surface area contributed by atoms with Crippen molar-refractivity contribution in [1.82, 2.24) is 0 Å². The first kappa shape index (κ1) is 22.7.